The number of carbonyl (C=O) groups is 1. The monoisotopic (exact) mass is 284 g/mol. The fraction of sp³-hybridized carbons (Fsp3) is 0.273. The lowest BCUT2D eigenvalue weighted by Crippen LogP contribution is -2.14. The van der Waals surface area contributed by atoms with Gasteiger partial charge in [0.25, 0.3) is 5.91 Å². The van der Waals surface area contributed by atoms with E-state index >= 15 is 0 Å². The fourth-order valence-corrected chi connectivity index (χ4v) is 2.07. The second-order valence-electron chi connectivity index (χ2n) is 3.73. The van der Waals surface area contributed by atoms with E-state index < -0.39 is 17.8 Å². The first-order valence-corrected chi connectivity index (χ1v) is 6.33. The van der Waals surface area contributed by atoms with Crippen molar-refractivity contribution in [1.82, 2.24) is 14.6 Å². The molecule has 0 saturated carbocycles. The number of halogens is 2. The van der Waals surface area contributed by atoms with Gasteiger partial charge in [0.05, 0.1) is 11.4 Å². The van der Waals surface area contributed by atoms with Crippen molar-refractivity contribution < 1.29 is 13.6 Å². The highest BCUT2D eigenvalue weighted by atomic mass is 32.1. The summed E-state index contributed by atoms with van der Waals surface area (Å²) in [6.45, 7) is 1.95. The number of aryl methyl sites for hydroxylation is 1. The minimum Gasteiger partial charge on any atom is -0.317 e. The van der Waals surface area contributed by atoms with Crippen LogP contribution < -0.4 is 5.32 Å². The molecule has 0 saturated heterocycles. The standard InChI is InChI=1S/C11H10F2N4OS/c1-2-3-6-9(19-17-16-6)11(18)14-7-4-5-8(12)15-10(7)13/h4-5H,2-3H2,1H3,(H,14,18). The molecule has 2 aromatic rings. The van der Waals surface area contributed by atoms with E-state index in [1.165, 1.54) is 0 Å². The average molecular weight is 284 g/mol. The molecular formula is C11H10F2N4OS. The van der Waals surface area contributed by atoms with E-state index in [2.05, 4.69) is 19.9 Å². The van der Waals surface area contributed by atoms with Gasteiger partial charge in [0.2, 0.25) is 11.9 Å². The molecule has 0 spiro atoms. The van der Waals surface area contributed by atoms with Crippen LogP contribution in [0.25, 0.3) is 0 Å². The minimum absolute atomic E-state index is 0.178. The number of nitrogens with zero attached hydrogens (tertiary/aromatic N) is 3. The van der Waals surface area contributed by atoms with E-state index in [-0.39, 0.29) is 5.69 Å². The third kappa shape index (κ3) is 3.08. The van der Waals surface area contributed by atoms with Gasteiger partial charge in [-0.15, -0.1) is 5.10 Å². The van der Waals surface area contributed by atoms with Crippen LogP contribution in [0, 0.1) is 11.9 Å². The SMILES string of the molecule is CCCc1nnsc1C(=O)Nc1ccc(F)nc1F. The zero-order chi connectivity index (χ0) is 13.8. The highest BCUT2D eigenvalue weighted by Gasteiger charge is 2.17. The molecule has 2 aromatic heterocycles. The lowest BCUT2D eigenvalue weighted by Gasteiger charge is -2.04. The molecule has 0 aliphatic rings. The van der Waals surface area contributed by atoms with Crippen molar-refractivity contribution >= 4 is 23.1 Å². The van der Waals surface area contributed by atoms with Crippen molar-refractivity contribution in [1.29, 1.82) is 0 Å². The number of carbonyl (C=O) groups excluding carboxylic acids is 1. The predicted molar refractivity (Wildman–Crippen MR) is 66.0 cm³/mol. The van der Waals surface area contributed by atoms with E-state index in [0.29, 0.717) is 17.0 Å². The first-order chi connectivity index (χ1) is 9.11. The molecule has 0 atom stereocenters. The summed E-state index contributed by atoms with van der Waals surface area (Å²) in [5, 5.41) is 6.17. The number of pyridine rings is 1. The number of hydrogen-bond acceptors (Lipinski definition) is 5. The van der Waals surface area contributed by atoms with Crippen molar-refractivity contribution in [3.8, 4) is 0 Å². The van der Waals surface area contributed by atoms with Crippen LogP contribution in [0.2, 0.25) is 0 Å². The average Bonchev–Trinajstić information content (AvgIpc) is 2.81. The maximum Gasteiger partial charge on any atom is 0.269 e. The van der Waals surface area contributed by atoms with Crippen LogP contribution in [0.5, 0.6) is 0 Å². The first-order valence-electron chi connectivity index (χ1n) is 5.56. The van der Waals surface area contributed by atoms with Crippen molar-refractivity contribution in [2.75, 3.05) is 5.32 Å². The Morgan fingerprint density at radius 1 is 1.42 bits per heavy atom. The molecule has 0 fully saturated rings. The molecular weight excluding hydrogens is 274 g/mol. The van der Waals surface area contributed by atoms with Crippen molar-refractivity contribution in [2.24, 2.45) is 0 Å². The Balaban J connectivity index is 2.18. The number of hydrogen-bond donors (Lipinski definition) is 1. The Bertz CT molecular complexity index is 602. The second kappa shape index (κ2) is 5.79. The number of amides is 1. The van der Waals surface area contributed by atoms with Crippen LogP contribution in [0.15, 0.2) is 12.1 Å². The van der Waals surface area contributed by atoms with E-state index in [1.54, 1.807) is 0 Å². The van der Waals surface area contributed by atoms with Gasteiger partial charge in [-0.05, 0) is 30.1 Å². The van der Waals surface area contributed by atoms with Gasteiger partial charge in [0.15, 0.2) is 0 Å². The van der Waals surface area contributed by atoms with Crippen LogP contribution in [-0.2, 0) is 6.42 Å². The predicted octanol–water partition coefficient (Wildman–Crippen LogP) is 2.42. The molecule has 1 N–H and O–H groups in total. The van der Waals surface area contributed by atoms with Crippen molar-refractivity contribution in [3.63, 3.8) is 0 Å². The third-order valence-corrected chi connectivity index (χ3v) is 3.08. The van der Waals surface area contributed by atoms with Crippen LogP contribution >= 0.6 is 11.5 Å². The molecule has 0 aliphatic carbocycles. The van der Waals surface area contributed by atoms with Gasteiger partial charge in [-0.2, -0.15) is 13.8 Å². The summed E-state index contributed by atoms with van der Waals surface area (Å²) in [5.41, 5.74) is 0.391. The Morgan fingerprint density at radius 2 is 2.21 bits per heavy atom. The molecule has 8 heteroatoms. The Morgan fingerprint density at radius 3 is 2.89 bits per heavy atom. The highest BCUT2D eigenvalue weighted by Crippen LogP contribution is 2.17. The zero-order valence-corrected chi connectivity index (χ0v) is 10.8. The second-order valence-corrected chi connectivity index (χ2v) is 4.48. The summed E-state index contributed by atoms with van der Waals surface area (Å²) in [6.07, 6.45) is 1.43. The molecule has 0 radical (unpaired) electrons. The molecule has 0 bridgehead atoms. The summed E-state index contributed by atoms with van der Waals surface area (Å²) in [4.78, 5) is 15.3. The van der Waals surface area contributed by atoms with Gasteiger partial charge in [-0.25, -0.2) is 0 Å². The van der Waals surface area contributed by atoms with Gasteiger partial charge >= 0.3 is 0 Å². The molecule has 5 nitrogen and oxygen atoms in total. The topological polar surface area (TPSA) is 67.8 Å². The van der Waals surface area contributed by atoms with Gasteiger partial charge < -0.3 is 5.32 Å². The number of rotatable bonds is 4. The van der Waals surface area contributed by atoms with E-state index in [9.17, 15) is 13.6 Å². The van der Waals surface area contributed by atoms with Gasteiger partial charge in [0.1, 0.15) is 4.88 Å². The molecule has 0 aromatic carbocycles. The molecule has 0 aliphatic heterocycles. The summed E-state index contributed by atoms with van der Waals surface area (Å²) in [5.74, 6) is -2.53. The third-order valence-electron chi connectivity index (χ3n) is 2.31. The van der Waals surface area contributed by atoms with Crippen LogP contribution in [0.4, 0.5) is 14.5 Å². The number of aromatic nitrogens is 3. The van der Waals surface area contributed by atoms with Gasteiger partial charge in [0, 0.05) is 0 Å². The Hall–Kier alpha value is -1.96. The van der Waals surface area contributed by atoms with Crippen LogP contribution in [0.1, 0.15) is 28.7 Å². The molecule has 1 amide bonds. The van der Waals surface area contributed by atoms with E-state index in [4.69, 9.17) is 0 Å². The maximum atomic E-state index is 13.3. The van der Waals surface area contributed by atoms with Crippen LogP contribution in [0.3, 0.4) is 0 Å². The normalized spacial score (nSPS) is 10.5. The molecule has 2 heterocycles. The van der Waals surface area contributed by atoms with Gasteiger partial charge in [-0.3, -0.25) is 4.79 Å². The summed E-state index contributed by atoms with van der Waals surface area (Å²) in [6, 6.07) is 2.08. The lowest BCUT2D eigenvalue weighted by atomic mass is 10.2. The lowest BCUT2D eigenvalue weighted by molar-refractivity contribution is 0.102. The van der Waals surface area contributed by atoms with E-state index in [1.807, 2.05) is 6.92 Å². The van der Waals surface area contributed by atoms with Crippen LogP contribution in [-0.4, -0.2) is 20.5 Å². The smallest absolute Gasteiger partial charge is 0.269 e. The number of nitrogens with one attached hydrogen (secondary N) is 1. The Kier molecular flexibility index (Phi) is 4.10. The number of anilines is 1. The van der Waals surface area contributed by atoms with Gasteiger partial charge in [-0.1, -0.05) is 17.8 Å². The zero-order valence-electron chi connectivity index (χ0n) is 9.98. The molecule has 0 unspecified atom stereocenters. The summed E-state index contributed by atoms with van der Waals surface area (Å²) in [7, 11) is 0. The largest absolute Gasteiger partial charge is 0.317 e. The molecule has 2 rings (SSSR count). The quantitative estimate of drug-likeness (QED) is 0.875. The Labute approximate surface area is 111 Å². The summed E-state index contributed by atoms with van der Waals surface area (Å²) >= 11 is 0.936. The molecule has 19 heavy (non-hydrogen) atoms. The van der Waals surface area contributed by atoms with Crippen molar-refractivity contribution in [2.45, 2.75) is 19.8 Å². The molecule has 100 valence electrons. The highest BCUT2D eigenvalue weighted by molar-refractivity contribution is 7.08. The maximum absolute atomic E-state index is 13.3. The first kappa shape index (κ1) is 13.5. The van der Waals surface area contributed by atoms with Crippen molar-refractivity contribution in [3.05, 3.63) is 34.6 Å². The summed E-state index contributed by atoms with van der Waals surface area (Å²) < 4.78 is 29.6. The van der Waals surface area contributed by atoms with E-state index in [0.717, 1.165) is 30.1 Å². The fourth-order valence-electron chi connectivity index (χ4n) is 1.47. The minimum atomic E-state index is -1.07.